The number of carbonyl (C=O) groups is 2. The Labute approximate surface area is 236 Å². The molecule has 3 heterocycles. The molecule has 0 bridgehead atoms. The van der Waals surface area contributed by atoms with Gasteiger partial charge in [0.05, 0.1) is 27.0 Å². The van der Waals surface area contributed by atoms with Gasteiger partial charge in [-0.1, -0.05) is 25.3 Å². The SMILES string of the molecule is COc1ccc(-c2nnn(CC(=O)N(Cc3cccs3)C(C(=O)NC3CCCCC3)c3ccco3)n2)cc1OC. The lowest BCUT2D eigenvalue weighted by Gasteiger charge is -2.31. The van der Waals surface area contributed by atoms with E-state index in [1.165, 1.54) is 33.7 Å². The van der Waals surface area contributed by atoms with Gasteiger partial charge in [-0.05, 0) is 59.8 Å². The van der Waals surface area contributed by atoms with Gasteiger partial charge in [-0.2, -0.15) is 4.80 Å². The number of tetrazole rings is 1. The van der Waals surface area contributed by atoms with E-state index in [0.29, 0.717) is 28.6 Å². The summed E-state index contributed by atoms with van der Waals surface area (Å²) in [6.45, 7) is 0.0246. The van der Waals surface area contributed by atoms with Crippen molar-refractivity contribution >= 4 is 23.2 Å². The number of hydrogen-bond acceptors (Lipinski definition) is 9. The number of aromatic nitrogens is 4. The number of nitrogens with one attached hydrogen (secondary N) is 1. The van der Waals surface area contributed by atoms with Crippen LogP contribution in [0, 0.1) is 0 Å². The molecule has 40 heavy (non-hydrogen) atoms. The molecular formula is C28H32N6O5S. The van der Waals surface area contributed by atoms with E-state index < -0.39 is 6.04 Å². The van der Waals surface area contributed by atoms with Crippen LogP contribution in [0.5, 0.6) is 11.5 Å². The van der Waals surface area contributed by atoms with Crippen LogP contribution in [0.25, 0.3) is 11.4 Å². The van der Waals surface area contributed by atoms with E-state index in [4.69, 9.17) is 13.9 Å². The highest BCUT2D eigenvalue weighted by molar-refractivity contribution is 7.09. The topological polar surface area (TPSA) is 125 Å². The van der Waals surface area contributed by atoms with E-state index in [0.717, 1.165) is 30.6 Å². The zero-order valence-electron chi connectivity index (χ0n) is 22.5. The van der Waals surface area contributed by atoms with Gasteiger partial charge in [0.2, 0.25) is 11.7 Å². The molecule has 1 fully saturated rings. The molecule has 2 amide bonds. The highest BCUT2D eigenvalue weighted by Gasteiger charge is 2.35. The number of ether oxygens (including phenoxy) is 2. The molecule has 0 saturated heterocycles. The average Bonchev–Trinajstić information content (AvgIpc) is 3.77. The summed E-state index contributed by atoms with van der Waals surface area (Å²) in [5, 5.41) is 17.8. The quantitative estimate of drug-likeness (QED) is 0.287. The highest BCUT2D eigenvalue weighted by Crippen LogP contribution is 2.31. The van der Waals surface area contributed by atoms with E-state index in [9.17, 15) is 9.59 Å². The van der Waals surface area contributed by atoms with Gasteiger partial charge in [-0.25, -0.2) is 0 Å². The van der Waals surface area contributed by atoms with Gasteiger partial charge in [0.1, 0.15) is 12.3 Å². The second kappa shape index (κ2) is 12.8. The standard InChI is InChI=1S/C28H32N6O5S/c1-37-22-13-12-19(16-24(22)38-2)27-30-32-34(31-27)18-25(35)33(17-21-10-7-15-40-21)26(23-11-6-14-39-23)28(36)29-20-8-4-3-5-9-20/h6-7,10-16,20,26H,3-5,8-9,17-18H2,1-2H3,(H,29,36). The number of benzene rings is 1. The fourth-order valence-corrected chi connectivity index (χ4v) is 5.61. The summed E-state index contributed by atoms with van der Waals surface area (Å²) in [5.74, 6) is 1.23. The molecule has 1 atom stereocenters. The van der Waals surface area contributed by atoms with Gasteiger partial charge < -0.3 is 24.1 Å². The average molecular weight is 565 g/mol. The Morgan fingerprint density at radius 3 is 2.65 bits per heavy atom. The van der Waals surface area contributed by atoms with E-state index in [-0.39, 0.29) is 30.9 Å². The molecule has 1 aliphatic rings. The minimum Gasteiger partial charge on any atom is -0.493 e. The number of methoxy groups -OCH3 is 2. The maximum absolute atomic E-state index is 13.8. The summed E-state index contributed by atoms with van der Waals surface area (Å²) >= 11 is 1.52. The summed E-state index contributed by atoms with van der Waals surface area (Å²) in [6.07, 6.45) is 6.70. The van der Waals surface area contributed by atoms with Crippen molar-refractivity contribution in [2.24, 2.45) is 0 Å². The molecule has 210 valence electrons. The molecule has 5 rings (SSSR count). The Morgan fingerprint density at radius 1 is 1.12 bits per heavy atom. The first-order valence-electron chi connectivity index (χ1n) is 13.2. The van der Waals surface area contributed by atoms with Crippen molar-refractivity contribution in [1.82, 2.24) is 30.4 Å². The van der Waals surface area contributed by atoms with Crippen LogP contribution in [0.15, 0.2) is 58.5 Å². The number of rotatable bonds is 11. The predicted octanol–water partition coefficient (Wildman–Crippen LogP) is 4.23. The molecule has 11 nitrogen and oxygen atoms in total. The number of carbonyl (C=O) groups excluding carboxylic acids is 2. The monoisotopic (exact) mass is 564 g/mol. The van der Waals surface area contributed by atoms with Gasteiger partial charge in [-0.15, -0.1) is 21.5 Å². The van der Waals surface area contributed by atoms with Crippen LogP contribution < -0.4 is 14.8 Å². The van der Waals surface area contributed by atoms with Gasteiger partial charge in [0.15, 0.2) is 17.5 Å². The Hall–Kier alpha value is -4.19. The highest BCUT2D eigenvalue weighted by atomic mass is 32.1. The van der Waals surface area contributed by atoms with Crippen molar-refractivity contribution < 1.29 is 23.5 Å². The summed E-state index contributed by atoms with van der Waals surface area (Å²) in [5.41, 5.74) is 0.659. The zero-order chi connectivity index (χ0) is 27.9. The summed E-state index contributed by atoms with van der Waals surface area (Å²) < 4.78 is 16.4. The van der Waals surface area contributed by atoms with E-state index in [1.807, 2.05) is 17.5 Å². The third-order valence-electron chi connectivity index (χ3n) is 6.92. The Bertz CT molecular complexity index is 1400. The number of nitrogens with zero attached hydrogens (tertiary/aromatic N) is 5. The summed E-state index contributed by atoms with van der Waals surface area (Å²) in [7, 11) is 3.11. The Morgan fingerprint density at radius 2 is 1.95 bits per heavy atom. The maximum atomic E-state index is 13.8. The molecule has 0 radical (unpaired) electrons. The van der Waals surface area contributed by atoms with Crippen molar-refractivity contribution in [2.75, 3.05) is 14.2 Å². The predicted molar refractivity (Wildman–Crippen MR) is 148 cm³/mol. The Balaban J connectivity index is 1.40. The molecule has 1 unspecified atom stereocenters. The first kappa shape index (κ1) is 27.4. The third kappa shape index (κ3) is 6.33. The molecule has 1 N–H and O–H groups in total. The normalized spacial score (nSPS) is 14.4. The Kier molecular flexibility index (Phi) is 8.74. The second-order valence-corrected chi connectivity index (χ2v) is 10.6. The molecule has 1 saturated carbocycles. The second-order valence-electron chi connectivity index (χ2n) is 9.58. The smallest absolute Gasteiger partial charge is 0.250 e. The molecule has 1 aliphatic carbocycles. The molecule has 1 aromatic carbocycles. The van der Waals surface area contributed by atoms with Crippen LogP contribution >= 0.6 is 11.3 Å². The van der Waals surface area contributed by atoms with Crippen molar-refractivity contribution in [3.8, 4) is 22.9 Å². The number of furan rings is 1. The van der Waals surface area contributed by atoms with Crippen molar-refractivity contribution in [1.29, 1.82) is 0 Å². The third-order valence-corrected chi connectivity index (χ3v) is 7.78. The van der Waals surface area contributed by atoms with Crippen LogP contribution in [0.4, 0.5) is 0 Å². The zero-order valence-corrected chi connectivity index (χ0v) is 23.3. The molecule has 12 heteroatoms. The lowest BCUT2D eigenvalue weighted by Crippen LogP contribution is -2.47. The van der Waals surface area contributed by atoms with Gasteiger partial charge in [0, 0.05) is 16.5 Å². The number of amides is 2. The minimum absolute atomic E-state index is 0.0819. The lowest BCUT2D eigenvalue weighted by molar-refractivity contribution is -0.143. The molecule has 4 aromatic rings. The van der Waals surface area contributed by atoms with Crippen LogP contribution in [-0.4, -0.2) is 57.2 Å². The number of thiophene rings is 1. The first-order valence-corrected chi connectivity index (χ1v) is 14.1. The molecular weight excluding hydrogens is 532 g/mol. The molecule has 0 aliphatic heterocycles. The first-order chi connectivity index (χ1) is 19.6. The molecule has 0 spiro atoms. The lowest BCUT2D eigenvalue weighted by atomic mass is 9.95. The van der Waals surface area contributed by atoms with E-state index in [1.54, 1.807) is 44.6 Å². The largest absolute Gasteiger partial charge is 0.493 e. The maximum Gasteiger partial charge on any atom is 0.250 e. The van der Waals surface area contributed by atoms with Gasteiger partial charge in [-0.3, -0.25) is 9.59 Å². The summed E-state index contributed by atoms with van der Waals surface area (Å²) in [4.78, 5) is 31.2. The summed E-state index contributed by atoms with van der Waals surface area (Å²) in [6, 6.07) is 11.7. The van der Waals surface area contributed by atoms with Gasteiger partial charge >= 0.3 is 0 Å². The van der Waals surface area contributed by atoms with Crippen LogP contribution in [-0.2, 0) is 22.7 Å². The van der Waals surface area contributed by atoms with Crippen LogP contribution in [0.3, 0.4) is 0 Å². The minimum atomic E-state index is -0.944. The van der Waals surface area contributed by atoms with Gasteiger partial charge in [0.25, 0.3) is 5.91 Å². The van der Waals surface area contributed by atoms with E-state index >= 15 is 0 Å². The van der Waals surface area contributed by atoms with Crippen LogP contribution in [0.1, 0.15) is 48.8 Å². The van der Waals surface area contributed by atoms with Crippen LogP contribution in [0.2, 0.25) is 0 Å². The molecule has 3 aromatic heterocycles. The fourth-order valence-electron chi connectivity index (χ4n) is 4.91. The van der Waals surface area contributed by atoms with Crippen molar-refractivity contribution in [2.45, 2.75) is 57.3 Å². The van der Waals surface area contributed by atoms with Crippen molar-refractivity contribution in [3.63, 3.8) is 0 Å². The van der Waals surface area contributed by atoms with Crippen molar-refractivity contribution in [3.05, 3.63) is 64.7 Å². The number of hydrogen-bond donors (Lipinski definition) is 1. The van der Waals surface area contributed by atoms with E-state index in [2.05, 4.69) is 20.7 Å². The fraction of sp³-hybridized carbons (Fsp3) is 0.393.